The molecule has 0 atom stereocenters. The molecule has 0 fully saturated rings. The second-order valence-corrected chi connectivity index (χ2v) is 5.26. The Hall–Kier alpha value is -2.08. The van der Waals surface area contributed by atoms with Crippen LogP contribution in [0.5, 0.6) is 5.75 Å². The van der Waals surface area contributed by atoms with Crippen LogP contribution >= 0.6 is 15.9 Å². The van der Waals surface area contributed by atoms with Gasteiger partial charge < -0.3 is 10.5 Å². The molecule has 0 aliphatic heterocycles. The van der Waals surface area contributed by atoms with Crippen molar-refractivity contribution in [3.8, 4) is 5.75 Å². The standard InChI is InChI=1S/C14H13BrN2O3/c1-9-6-11(15)3-5-14(9)20-8-10-2-4-13(17(18)19)12(16)7-10/h2-7H,8,16H2,1H3. The van der Waals surface area contributed by atoms with E-state index < -0.39 is 4.92 Å². The number of anilines is 1. The lowest BCUT2D eigenvalue weighted by molar-refractivity contribution is -0.383. The van der Waals surface area contributed by atoms with Gasteiger partial charge in [0.05, 0.1) is 4.92 Å². The van der Waals surface area contributed by atoms with Crippen LogP contribution < -0.4 is 10.5 Å². The monoisotopic (exact) mass is 336 g/mol. The molecule has 0 heterocycles. The van der Waals surface area contributed by atoms with Crippen LogP contribution in [0.15, 0.2) is 40.9 Å². The van der Waals surface area contributed by atoms with E-state index in [-0.39, 0.29) is 11.4 Å². The number of ether oxygens (including phenoxy) is 1. The van der Waals surface area contributed by atoms with Gasteiger partial charge in [0.25, 0.3) is 5.69 Å². The van der Waals surface area contributed by atoms with E-state index in [1.807, 2.05) is 25.1 Å². The maximum atomic E-state index is 10.7. The van der Waals surface area contributed by atoms with Crippen LogP contribution in [0, 0.1) is 17.0 Å². The molecule has 2 rings (SSSR count). The number of nitro groups is 1. The number of hydrogen-bond acceptors (Lipinski definition) is 4. The summed E-state index contributed by atoms with van der Waals surface area (Å²) in [6.45, 7) is 2.26. The molecule has 0 aliphatic rings. The molecule has 2 N–H and O–H groups in total. The van der Waals surface area contributed by atoms with E-state index in [1.54, 1.807) is 12.1 Å². The van der Waals surface area contributed by atoms with Crippen LogP contribution in [0.3, 0.4) is 0 Å². The Bertz CT molecular complexity index is 659. The predicted octanol–water partition coefficient (Wildman–Crippen LogP) is 3.83. The van der Waals surface area contributed by atoms with Crippen molar-refractivity contribution in [1.82, 2.24) is 0 Å². The summed E-state index contributed by atoms with van der Waals surface area (Å²) in [4.78, 5) is 10.2. The molecule has 0 saturated carbocycles. The van der Waals surface area contributed by atoms with Gasteiger partial charge in [-0.15, -0.1) is 0 Å². The van der Waals surface area contributed by atoms with Crippen molar-refractivity contribution in [1.29, 1.82) is 0 Å². The van der Waals surface area contributed by atoms with Crippen molar-refractivity contribution in [2.45, 2.75) is 13.5 Å². The minimum atomic E-state index is -0.501. The topological polar surface area (TPSA) is 78.4 Å². The van der Waals surface area contributed by atoms with E-state index in [0.717, 1.165) is 21.3 Å². The fourth-order valence-corrected chi connectivity index (χ4v) is 2.27. The summed E-state index contributed by atoms with van der Waals surface area (Å²) in [7, 11) is 0. The van der Waals surface area contributed by atoms with Gasteiger partial charge in [-0.05, 0) is 48.4 Å². The molecule has 20 heavy (non-hydrogen) atoms. The molecule has 0 radical (unpaired) electrons. The molecule has 2 aromatic carbocycles. The lowest BCUT2D eigenvalue weighted by Crippen LogP contribution is -2.00. The van der Waals surface area contributed by atoms with Crippen molar-refractivity contribution in [2.75, 3.05) is 5.73 Å². The Morgan fingerprint density at radius 3 is 2.65 bits per heavy atom. The largest absolute Gasteiger partial charge is 0.489 e. The molecule has 0 aromatic heterocycles. The van der Waals surface area contributed by atoms with Gasteiger partial charge in [-0.1, -0.05) is 15.9 Å². The van der Waals surface area contributed by atoms with Gasteiger partial charge in [0.15, 0.2) is 0 Å². The molecule has 0 amide bonds. The summed E-state index contributed by atoms with van der Waals surface area (Å²) in [5, 5.41) is 10.7. The van der Waals surface area contributed by atoms with E-state index in [0.29, 0.717) is 6.61 Å². The zero-order chi connectivity index (χ0) is 14.7. The Kier molecular flexibility index (Phi) is 4.24. The first-order valence-electron chi connectivity index (χ1n) is 5.89. The molecule has 0 unspecified atom stereocenters. The third-order valence-electron chi connectivity index (χ3n) is 2.82. The molecule has 5 nitrogen and oxygen atoms in total. The van der Waals surface area contributed by atoms with E-state index >= 15 is 0 Å². The van der Waals surface area contributed by atoms with Gasteiger partial charge in [0, 0.05) is 10.5 Å². The Balaban J connectivity index is 2.11. The zero-order valence-corrected chi connectivity index (χ0v) is 12.4. The highest BCUT2D eigenvalue weighted by molar-refractivity contribution is 9.10. The van der Waals surface area contributed by atoms with Crippen molar-refractivity contribution in [2.24, 2.45) is 0 Å². The highest BCUT2D eigenvalue weighted by Crippen LogP contribution is 2.25. The fourth-order valence-electron chi connectivity index (χ4n) is 1.80. The molecule has 2 aromatic rings. The number of nitrogens with two attached hydrogens (primary N) is 1. The van der Waals surface area contributed by atoms with Crippen LogP contribution in [-0.4, -0.2) is 4.92 Å². The number of hydrogen-bond donors (Lipinski definition) is 1. The number of nitrogen functional groups attached to an aromatic ring is 1. The minimum absolute atomic E-state index is 0.0893. The number of benzene rings is 2. The number of nitro benzene ring substituents is 1. The van der Waals surface area contributed by atoms with E-state index in [9.17, 15) is 10.1 Å². The Morgan fingerprint density at radius 1 is 1.30 bits per heavy atom. The number of halogens is 1. The summed E-state index contributed by atoms with van der Waals surface area (Å²) < 4.78 is 6.67. The van der Waals surface area contributed by atoms with Gasteiger partial charge in [0.1, 0.15) is 18.0 Å². The molecule has 6 heteroatoms. The molecular formula is C14H13BrN2O3. The van der Waals surface area contributed by atoms with E-state index in [4.69, 9.17) is 10.5 Å². The lowest BCUT2D eigenvalue weighted by Gasteiger charge is -2.10. The first kappa shape index (κ1) is 14.3. The molecule has 104 valence electrons. The van der Waals surface area contributed by atoms with E-state index in [1.165, 1.54) is 6.07 Å². The van der Waals surface area contributed by atoms with Crippen molar-refractivity contribution in [3.63, 3.8) is 0 Å². The van der Waals surface area contributed by atoms with Crippen LogP contribution in [0.25, 0.3) is 0 Å². The van der Waals surface area contributed by atoms with Crippen molar-refractivity contribution < 1.29 is 9.66 Å². The number of rotatable bonds is 4. The van der Waals surface area contributed by atoms with Crippen LogP contribution in [-0.2, 0) is 6.61 Å². The normalized spacial score (nSPS) is 10.3. The van der Waals surface area contributed by atoms with Gasteiger partial charge in [-0.2, -0.15) is 0 Å². The molecule has 0 saturated heterocycles. The van der Waals surface area contributed by atoms with Gasteiger partial charge >= 0.3 is 0 Å². The van der Waals surface area contributed by atoms with Gasteiger partial charge in [-0.25, -0.2) is 0 Å². The van der Waals surface area contributed by atoms with Crippen LogP contribution in [0.1, 0.15) is 11.1 Å². The highest BCUT2D eigenvalue weighted by atomic mass is 79.9. The average molecular weight is 337 g/mol. The van der Waals surface area contributed by atoms with Gasteiger partial charge in [0.2, 0.25) is 0 Å². The third kappa shape index (κ3) is 3.27. The summed E-state index contributed by atoms with van der Waals surface area (Å²) in [6, 6.07) is 10.3. The van der Waals surface area contributed by atoms with E-state index in [2.05, 4.69) is 15.9 Å². The average Bonchev–Trinajstić information content (AvgIpc) is 2.37. The first-order valence-corrected chi connectivity index (χ1v) is 6.68. The maximum absolute atomic E-state index is 10.7. The summed E-state index contributed by atoms with van der Waals surface area (Å²) in [6.07, 6.45) is 0. The van der Waals surface area contributed by atoms with Gasteiger partial charge in [-0.3, -0.25) is 10.1 Å². The summed E-state index contributed by atoms with van der Waals surface area (Å²) >= 11 is 3.39. The molecular weight excluding hydrogens is 324 g/mol. The second-order valence-electron chi connectivity index (χ2n) is 4.35. The number of aryl methyl sites for hydroxylation is 1. The minimum Gasteiger partial charge on any atom is -0.489 e. The van der Waals surface area contributed by atoms with Crippen molar-refractivity contribution >= 4 is 27.3 Å². The lowest BCUT2D eigenvalue weighted by atomic mass is 10.2. The highest BCUT2D eigenvalue weighted by Gasteiger charge is 2.11. The zero-order valence-electron chi connectivity index (χ0n) is 10.8. The van der Waals surface area contributed by atoms with Crippen LogP contribution in [0.2, 0.25) is 0 Å². The molecule has 0 bridgehead atoms. The smallest absolute Gasteiger partial charge is 0.292 e. The fraction of sp³-hybridized carbons (Fsp3) is 0.143. The van der Waals surface area contributed by atoms with Crippen LogP contribution in [0.4, 0.5) is 11.4 Å². The molecule has 0 aliphatic carbocycles. The summed E-state index contributed by atoms with van der Waals surface area (Å²) in [5.74, 6) is 0.769. The maximum Gasteiger partial charge on any atom is 0.292 e. The Morgan fingerprint density at radius 2 is 2.05 bits per heavy atom. The quantitative estimate of drug-likeness (QED) is 0.522. The number of nitrogens with zero attached hydrogens (tertiary/aromatic N) is 1. The predicted molar refractivity (Wildman–Crippen MR) is 80.7 cm³/mol. The summed E-state index contributed by atoms with van der Waals surface area (Å²) in [5.41, 5.74) is 7.49. The van der Waals surface area contributed by atoms with Crippen molar-refractivity contribution in [3.05, 3.63) is 62.1 Å². The second kappa shape index (κ2) is 5.92. The first-order chi connectivity index (χ1) is 9.47. The Labute approximate surface area is 124 Å². The third-order valence-corrected chi connectivity index (χ3v) is 3.31. The molecule has 0 spiro atoms. The SMILES string of the molecule is Cc1cc(Br)ccc1OCc1ccc([N+](=O)[O-])c(N)c1.